The Morgan fingerprint density at radius 3 is 2.26 bits per heavy atom. The van der Waals surface area contributed by atoms with E-state index in [9.17, 15) is 9.59 Å². The van der Waals surface area contributed by atoms with Gasteiger partial charge < -0.3 is 14.0 Å². The molecule has 0 amide bonds. The van der Waals surface area contributed by atoms with Crippen LogP contribution in [0.2, 0.25) is 0 Å². The zero-order chi connectivity index (χ0) is 14.4. The number of hydrogen-bond donors (Lipinski definition) is 0. The summed E-state index contributed by atoms with van der Waals surface area (Å²) < 4.78 is 11.4. The van der Waals surface area contributed by atoms with Crippen LogP contribution >= 0.6 is 11.8 Å². The number of esters is 2. The van der Waals surface area contributed by atoms with Crippen molar-refractivity contribution < 1.29 is 19.1 Å². The molecule has 0 saturated heterocycles. The molecule has 19 heavy (non-hydrogen) atoms. The van der Waals surface area contributed by atoms with Crippen LogP contribution in [-0.4, -0.2) is 40.5 Å². The molecule has 0 fully saturated rings. The molecule has 1 aromatic heterocycles. The summed E-state index contributed by atoms with van der Waals surface area (Å²) in [4.78, 5) is 27.9. The molecular weight excluding hydrogens is 268 g/mol. The monoisotopic (exact) mass is 286 g/mol. The number of aromatic nitrogens is 2. The Hall–Kier alpha value is -1.50. The maximum Gasteiger partial charge on any atom is 0.359 e. The molecule has 0 aliphatic carbocycles. The van der Waals surface area contributed by atoms with E-state index >= 15 is 0 Å². The van der Waals surface area contributed by atoms with Gasteiger partial charge in [0.1, 0.15) is 0 Å². The van der Waals surface area contributed by atoms with Crippen LogP contribution in [-0.2, 0) is 16.5 Å². The molecule has 106 valence electrons. The summed E-state index contributed by atoms with van der Waals surface area (Å²) in [6.07, 6.45) is 0. The van der Waals surface area contributed by atoms with Crippen molar-refractivity contribution in [3.05, 3.63) is 11.4 Å². The molecule has 1 rings (SSSR count). The summed E-state index contributed by atoms with van der Waals surface area (Å²) in [5.74, 6) is -0.386. The maximum atomic E-state index is 11.9. The van der Waals surface area contributed by atoms with Gasteiger partial charge >= 0.3 is 11.9 Å². The highest BCUT2D eigenvalue weighted by atomic mass is 32.2. The van der Waals surface area contributed by atoms with Gasteiger partial charge in [0.25, 0.3) is 0 Å². The lowest BCUT2D eigenvalue weighted by molar-refractivity contribution is 0.0468. The molecule has 0 unspecified atom stereocenters. The van der Waals surface area contributed by atoms with E-state index < -0.39 is 11.9 Å². The smallest absolute Gasteiger partial charge is 0.359 e. The molecule has 0 aliphatic heterocycles. The largest absolute Gasteiger partial charge is 0.461 e. The van der Waals surface area contributed by atoms with Gasteiger partial charge in [-0.05, 0) is 19.6 Å². The zero-order valence-corrected chi connectivity index (χ0v) is 12.4. The first-order valence-corrected chi connectivity index (χ1v) is 7.09. The predicted molar refractivity (Wildman–Crippen MR) is 71.5 cm³/mol. The third kappa shape index (κ3) is 3.50. The van der Waals surface area contributed by atoms with E-state index in [0.29, 0.717) is 5.16 Å². The normalized spacial score (nSPS) is 10.3. The highest BCUT2D eigenvalue weighted by molar-refractivity contribution is 7.99. The third-order valence-electron chi connectivity index (χ3n) is 2.27. The summed E-state index contributed by atoms with van der Waals surface area (Å²) in [5, 5.41) is 0.591. The summed E-state index contributed by atoms with van der Waals surface area (Å²) >= 11 is 1.44. The van der Waals surface area contributed by atoms with Crippen LogP contribution in [0, 0.1) is 0 Å². The number of hydrogen-bond acceptors (Lipinski definition) is 6. The van der Waals surface area contributed by atoms with Gasteiger partial charge in [0.05, 0.1) is 13.2 Å². The lowest BCUT2D eigenvalue weighted by Crippen LogP contribution is -2.16. The van der Waals surface area contributed by atoms with Crippen molar-refractivity contribution in [1.29, 1.82) is 0 Å². The SMILES string of the molecule is CCOC(=O)c1nc(SCC)n(C)c1C(=O)OCC. The van der Waals surface area contributed by atoms with Gasteiger partial charge in [-0.15, -0.1) is 0 Å². The number of carbonyl (C=O) groups is 2. The minimum absolute atomic E-state index is 0.0127. The van der Waals surface area contributed by atoms with Crippen LogP contribution in [0.3, 0.4) is 0 Å². The van der Waals surface area contributed by atoms with Crippen LogP contribution in [0.25, 0.3) is 0 Å². The average Bonchev–Trinajstić information content (AvgIpc) is 2.68. The Kier molecular flexibility index (Phi) is 5.88. The van der Waals surface area contributed by atoms with Crippen LogP contribution in [0.15, 0.2) is 5.16 Å². The van der Waals surface area contributed by atoms with Crippen molar-refractivity contribution in [3.63, 3.8) is 0 Å². The average molecular weight is 286 g/mol. The summed E-state index contributed by atoms with van der Waals surface area (Å²) in [6, 6.07) is 0. The summed E-state index contributed by atoms with van der Waals surface area (Å²) in [6.45, 7) is 5.84. The van der Waals surface area contributed by atoms with Crippen LogP contribution < -0.4 is 0 Å². The molecule has 0 N–H and O–H groups in total. The topological polar surface area (TPSA) is 70.4 Å². The van der Waals surface area contributed by atoms with Crippen molar-refractivity contribution >= 4 is 23.7 Å². The summed E-state index contributed by atoms with van der Waals surface area (Å²) in [5.41, 5.74) is 0.148. The number of ether oxygens (including phenoxy) is 2. The molecule has 0 saturated carbocycles. The van der Waals surface area contributed by atoms with E-state index in [2.05, 4.69) is 4.98 Å². The molecule has 0 spiro atoms. The molecule has 0 aromatic carbocycles. The van der Waals surface area contributed by atoms with E-state index in [1.807, 2.05) is 6.92 Å². The fourth-order valence-electron chi connectivity index (χ4n) is 1.51. The molecule has 6 nitrogen and oxygen atoms in total. The predicted octanol–water partition coefficient (Wildman–Crippen LogP) is 1.89. The van der Waals surface area contributed by atoms with Crippen LogP contribution in [0.4, 0.5) is 0 Å². The van der Waals surface area contributed by atoms with Crippen molar-refractivity contribution in [2.24, 2.45) is 7.05 Å². The fourth-order valence-corrected chi connectivity index (χ4v) is 2.21. The molecule has 0 radical (unpaired) electrons. The Morgan fingerprint density at radius 1 is 1.16 bits per heavy atom. The zero-order valence-electron chi connectivity index (χ0n) is 11.6. The molecule has 1 heterocycles. The maximum absolute atomic E-state index is 11.9. The second-order valence-corrected chi connectivity index (χ2v) is 4.76. The van der Waals surface area contributed by atoms with E-state index in [4.69, 9.17) is 9.47 Å². The number of carbonyl (C=O) groups excluding carboxylic acids is 2. The molecule has 7 heteroatoms. The first-order valence-electron chi connectivity index (χ1n) is 6.10. The molecule has 0 bridgehead atoms. The lowest BCUT2D eigenvalue weighted by atomic mass is 10.3. The highest BCUT2D eigenvalue weighted by Gasteiger charge is 2.27. The molecule has 0 aliphatic rings. The third-order valence-corrected chi connectivity index (χ3v) is 3.18. The molecule has 0 atom stereocenters. The Balaban J connectivity index is 3.22. The molecular formula is C12H18N2O4S. The highest BCUT2D eigenvalue weighted by Crippen LogP contribution is 2.21. The van der Waals surface area contributed by atoms with Gasteiger partial charge in [0.15, 0.2) is 16.5 Å². The van der Waals surface area contributed by atoms with Crippen molar-refractivity contribution in [2.75, 3.05) is 19.0 Å². The van der Waals surface area contributed by atoms with Crippen LogP contribution in [0.1, 0.15) is 41.7 Å². The molecule has 1 aromatic rings. The minimum Gasteiger partial charge on any atom is -0.461 e. The minimum atomic E-state index is -0.607. The van der Waals surface area contributed by atoms with Gasteiger partial charge in [-0.25, -0.2) is 14.6 Å². The second-order valence-electron chi connectivity index (χ2n) is 3.52. The van der Waals surface area contributed by atoms with Crippen molar-refractivity contribution in [1.82, 2.24) is 9.55 Å². The lowest BCUT2D eigenvalue weighted by Gasteiger charge is -2.05. The Morgan fingerprint density at radius 2 is 1.74 bits per heavy atom. The van der Waals surface area contributed by atoms with Gasteiger partial charge in [-0.3, -0.25) is 0 Å². The van der Waals surface area contributed by atoms with Crippen molar-refractivity contribution in [2.45, 2.75) is 25.9 Å². The standard InChI is InChI=1S/C12H18N2O4S/c1-5-17-10(15)8-9(11(16)18-6-2)14(4)12(13-8)19-7-3/h5-7H2,1-4H3. The number of thioether (sulfide) groups is 1. The first-order chi connectivity index (χ1) is 9.06. The van der Waals surface area contributed by atoms with E-state index in [0.717, 1.165) is 5.75 Å². The van der Waals surface area contributed by atoms with E-state index in [-0.39, 0.29) is 24.6 Å². The van der Waals surface area contributed by atoms with E-state index in [1.54, 1.807) is 25.5 Å². The number of imidazole rings is 1. The summed E-state index contributed by atoms with van der Waals surface area (Å²) in [7, 11) is 1.68. The van der Waals surface area contributed by atoms with Gasteiger partial charge in [-0.2, -0.15) is 0 Å². The number of rotatable bonds is 6. The number of nitrogens with zero attached hydrogens (tertiary/aromatic N) is 2. The van der Waals surface area contributed by atoms with Crippen molar-refractivity contribution in [3.8, 4) is 0 Å². The van der Waals surface area contributed by atoms with Gasteiger partial charge in [0.2, 0.25) is 0 Å². The van der Waals surface area contributed by atoms with Gasteiger partial charge in [-0.1, -0.05) is 18.7 Å². The first kappa shape index (κ1) is 15.6. The quantitative estimate of drug-likeness (QED) is 0.587. The van der Waals surface area contributed by atoms with Crippen LogP contribution in [0.5, 0.6) is 0 Å². The second kappa shape index (κ2) is 7.18. The fraction of sp³-hybridized carbons (Fsp3) is 0.583. The Bertz CT molecular complexity index is 471. The van der Waals surface area contributed by atoms with Gasteiger partial charge in [0, 0.05) is 7.05 Å². The van der Waals surface area contributed by atoms with E-state index in [1.165, 1.54) is 11.8 Å². The Labute approximate surface area is 116 Å².